The summed E-state index contributed by atoms with van der Waals surface area (Å²) in [6.07, 6.45) is 5.40. The van der Waals surface area contributed by atoms with Gasteiger partial charge in [0.05, 0.1) is 5.69 Å². The predicted molar refractivity (Wildman–Crippen MR) is 49.3 cm³/mol. The normalized spacial score (nSPS) is 11.0. The molecule has 66 valence electrons. The van der Waals surface area contributed by atoms with Gasteiger partial charge in [0.1, 0.15) is 12.4 Å². The Hall–Kier alpha value is -1.51. The van der Waals surface area contributed by atoms with Crippen LogP contribution in [0.3, 0.4) is 0 Å². The van der Waals surface area contributed by atoms with Gasteiger partial charge >= 0.3 is 0 Å². The maximum Gasteiger partial charge on any atom is 0.269 e. The number of fused-ring (bicyclic) bond motifs is 1. The molecule has 0 saturated carbocycles. The SMILES string of the molecule is CC(C)c1ccnc2ccnc[n+]12. The van der Waals surface area contributed by atoms with E-state index in [1.807, 2.05) is 22.7 Å². The van der Waals surface area contributed by atoms with Crippen molar-refractivity contribution < 1.29 is 4.40 Å². The van der Waals surface area contributed by atoms with E-state index >= 15 is 0 Å². The molecule has 2 aromatic rings. The average molecular weight is 174 g/mol. The summed E-state index contributed by atoms with van der Waals surface area (Å²) in [5, 5.41) is 0. The van der Waals surface area contributed by atoms with Crippen LogP contribution in [0.15, 0.2) is 30.9 Å². The zero-order valence-corrected chi connectivity index (χ0v) is 7.81. The summed E-state index contributed by atoms with van der Waals surface area (Å²) in [5.41, 5.74) is 2.18. The number of rotatable bonds is 1. The highest BCUT2D eigenvalue weighted by atomic mass is 15.0. The Morgan fingerprint density at radius 3 is 2.85 bits per heavy atom. The Balaban J connectivity index is 2.76. The largest absolute Gasteiger partial charge is 0.269 e. The third-order valence-corrected chi connectivity index (χ3v) is 2.06. The van der Waals surface area contributed by atoms with Crippen molar-refractivity contribution in [2.45, 2.75) is 19.8 Å². The number of hydrogen-bond acceptors (Lipinski definition) is 2. The van der Waals surface area contributed by atoms with Gasteiger partial charge in [0.25, 0.3) is 5.65 Å². The van der Waals surface area contributed by atoms with Crippen molar-refractivity contribution in [3.8, 4) is 0 Å². The van der Waals surface area contributed by atoms with E-state index in [0.717, 1.165) is 5.65 Å². The zero-order valence-electron chi connectivity index (χ0n) is 7.81. The Labute approximate surface area is 77.1 Å². The molecule has 13 heavy (non-hydrogen) atoms. The van der Waals surface area contributed by atoms with Crippen LogP contribution in [0.4, 0.5) is 0 Å². The van der Waals surface area contributed by atoms with E-state index in [4.69, 9.17) is 0 Å². The van der Waals surface area contributed by atoms with Crippen molar-refractivity contribution in [2.75, 3.05) is 0 Å². The van der Waals surface area contributed by atoms with Crippen molar-refractivity contribution in [3.05, 3.63) is 36.5 Å². The second kappa shape index (κ2) is 3.09. The molecule has 2 heterocycles. The van der Waals surface area contributed by atoms with E-state index < -0.39 is 0 Å². The smallest absolute Gasteiger partial charge is 0.203 e. The molecule has 0 aromatic carbocycles. The van der Waals surface area contributed by atoms with Gasteiger partial charge in [-0.2, -0.15) is 0 Å². The second-order valence-corrected chi connectivity index (χ2v) is 3.33. The van der Waals surface area contributed by atoms with Gasteiger partial charge in [-0.15, -0.1) is 9.97 Å². The first-order valence-corrected chi connectivity index (χ1v) is 4.39. The van der Waals surface area contributed by atoms with Crippen LogP contribution in [-0.4, -0.2) is 9.97 Å². The lowest BCUT2D eigenvalue weighted by atomic mass is 10.1. The summed E-state index contributed by atoms with van der Waals surface area (Å²) in [4.78, 5) is 8.33. The monoisotopic (exact) mass is 174 g/mol. The van der Waals surface area contributed by atoms with Crippen LogP contribution in [0, 0.1) is 0 Å². The lowest BCUT2D eigenvalue weighted by molar-refractivity contribution is -0.529. The summed E-state index contributed by atoms with van der Waals surface area (Å²) in [6, 6.07) is 3.94. The van der Waals surface area contributed by atoms with E-state index in [0.29, 0.717) is 5.92 Å². The van der Waals surface area contributed by atoms with E-state index in [-0.39, 0.29) is 0 Å². The number of nitrogens with zero attached hydrogens (tertiary/aromatic N) is 3. The fourth-order valence-electron chi connectivity index (χ4n) is 1.40. The first-order valence-electron chi connectivity index (χ1n) is 4.39. The van der Waals surface area contributed by atoms with Gasteiger partial charge in [0.2, 0.25) is 6.33 Å². The van der Waals surface area contributed by atoms with Crippen LogP contribution in [-0.2, 0) is 0 Å². The van der Waals surface area contributed by atoms with Crippen LogP contribution >= 0.6 is 0 Å². The highest BCUT2D eigenvalue weighted by molar-refractivity contribution is 5.26. The molecule has 0 spiro atoms. The first-order chi connectivity index (χ1) is 6.29. The molecular formula is C10H12N3+. The molecule has 0 radical (unpaired) electrons. The van der Waals surface area contributed by atoms with Gasteiger partial charge in [0, 0.05) is 18.1 Å². The van der Waals surface area contributed by atoms with Gasteiger partial charge in [-0.25, -0.2) is 4.40 Å². The zero-order chi connectivity index (χ0) is 9.26. The van der Waals surface area contributed by atoms with Gasteiger partial charge in [-0.1, -0.05) is 13.8 Å². The summed E-state index contributed by atoms with van der Waals surface area (Å²) in [6.45, 7) is 4.32. The fourth-order valence-corrected chi connectivity index (χ4v) is 1.40. The van der Waals surface area contributed by atoms with E-state index in [2.05, 4.69) is 23.8 Å². The molecule has 3 nitrogen and oxygen atoms in total. The van der Waals surface area contributed by atoms with Crippen molar-refractivity contribution in [2.24, 2.45) is 0 Å². The molecule has 0 aliphatic heterocycles. The molecule has 0 N–H and O–H groups in total. The van der Waals surface area contributed by atoms with Crippen molar-refractivity contribution in [1.82, 2.24) is 9.97 Å². The molecule has 0 aliphatic rings. The molecule has 0 saturated heterocycles. The van der Waals surface area contributed by atoms with Crippen LogP contribution in [0.5, 0.6) is 0 Å². The van der Waals surface area contributed by atoms with Crippen LogP contribution in [0.25, 0.3) is 5.65 Å². The predicted octanol–water partition coefficient (Wildman–Crippen LogP) is 1.34. The highest BCUT2D eigenvalue weighted by Gasteiger charge is 2.08. The molecule has 0 atom stereocenters. The summed E-state index contributed by atoms with van der Waals surface area (Å²) in [7, 11) is 0. The van der Waals surface area contributed by atoms with Gasteiger partial charge in [-0.3, -0.25) is 0 Å². The molecule has 0 unspecified atom stereocenters. The Kier molecular flexibility index (Phi) is 1.93. The summed E-state index contributed by atoms with van der Waals surface area (Å²) in [5.74, 6) is 0.486. The molecule has 0 aliphatic carbocycles. The van der Waals surface area contributed by atoms with Gasteiger partial charge in [0.15, 0.2) is 0 Å². The third-order valence-electron chi connectivity index (χ3n) is 2.06. The second-order valence-electron chi connectivity index (χ2n) is 3.33. The fraction of sp³-hybridized carbons (Fsp3) is 0.300. The topological polar surface area (TPSA) is 29.9 Å². The van der Waals surface area contributed by atoms with Crippen LogP contribution in [0.1, 0.15) is 25.5 Å². The maximum atomic E-state index is 4.25. The Morgan fingerprint density at radius 2 is 2.08 bits per heavy atom. The molecule has 2 rings (SSSR count). The summed E-state index contributed by atoms with van der Waals surface area (Å²) < 4.78 is 2.02. The third kappa shape index (κ3) is 1.37. The van der Waals surface area contributed by atoms with E-state index in [1.165, 1.54) is 5.69 Å². The minimum absolute atomic E-state index is 0.486. The van der Waals surface area contributed by atoms with Gasteiger partial charge < -0.3 is 0 Å². The van der Waals surface area contributed by atoms with Crippen molar-refractivity contribution in [1.29, 1.82) is 0 Å². The standard InChI is InChI=1S/C10H12N3/c1-8(2)9-3-6-12-10-4-5-11-7-13(9)10/h3-8H,1-2H3/q+1. The maximum absolute atomic E-state index is 4.25. The molecule has 3 heteroatoms. The molecule has 0 bridgehead atoms. The summed E-state index contributed by atoms with van der Waals surface area (Å²) >= 11 is 0. The van der Waals surface area contributed by atoms with Gasteiger partial charge in [-0.05, 0) is 0 Å². The Morgan fingerprint density at radius 1 is 1.23 bits per heavy atom. The lowest BCUT2D eigenvalue weighted by Crippen LogP contribution is -2.29. The molecule has 2 aromatic heterocycles. The van der Waals surface area contributed by atoms with Crippen molar-refractivity contribution >= 4 is 5.65 Å². The minimum Gasteiger partial charge on any atom is -0.203 e. The lowest BCUT2D eigenvalue weighted by Gasteiger charge is -2.03. The van der Waals surface area contributed by atoms with Crippen LogP contribution < -0.4 is 4.40 Å². The Bertz CT molecular complexity index is 418. The first kappa shape index (κ1) is 8.10. The van der Waals surface area contributed by atoms with E-state index in [1.54, 1.807) is 12.5 Å². The minimum atomic E-state index is 0.486. The number of aromatic nitrogens is 3. The quantitative estimate of drug-likeness (QED) is 0.611. The highest BCUT2D eigenvalue weighted by Crippen LogP contribution is 2.08. The molecule has 0 fully saturated rings. The van der Waals surface area contributed by atoms with Crippen molar-refractivity contribution in [3.63, 3.8) is 0 Å². The number of hydrogen-bond donors (Lipinski definition) is 0. The van der Waals surface area contributed by atoms with Crippen LogP contribution in [0.2, 0.25) is 0 Å². The molecular weight excluding hydrogens is 162 g/mol. The van der Waals surface area contributed by atoms with E-state index in [9.17, 15) is 0 Å². The average Bonchev–Trinajstić information content (AvgIpc) is 2.17. The molecule has 0 amide bonds.